The van der Waals surface area contributed by atoms with E-state index in [0.29, 0.717) is 18.4 Å². The molecule has 8 nitrogen and oxygen atoms in total. The number of benzene rings is 2. The summed E-state index contributed by atoms with van der Waals surface area (Å²) in [5.41, 5.74) is 6.82. The highest BCUT2D eigenvalue weighted by Crippen LogP contribution is 2.29. The maximum Gasteiger partial charge on any atom is 0.292 e. The SMILES string of the molecule is CC(C)Cc1cccc(S(=O)(=O)NCC(O)C(N)Cc2ccccc2)c1[N+](=O)[O-]. The van der Waals surface area contributed by atoms with Crippen LogP contribution >= 0.6 is 0 Å². The van der Waals surface area contributed by atoms with Crippen LogP contribution in [0.1, 0.15) is 25.0 Å². The lowest BCUT2D eigenvalue weighted by molar-refractivity contribution is -0.388. The number of nitro benzene ring substituents is 1. The zero-order valence-corrected chi connectivity index (χ0v) is 17.3. The third kappa shape index (κ3) is 6.33. The molecule has 0 amide bonds. The molecule has 0 aliphatic heterocycles. The van der Waals surface area contributed by atoms with E-state index in [9.17, 15) is 23.6 Å². The summed E-state index contributed by atoms with van der Waals surface area (Å²) in [6.45, 7) is 3.45. The number of nitrogens with two attached hydrogens (primary N) is 1. The smallest absolute Gasteiger partial charge is 0.292 e. The number of hydrogen-bond donors (Lipinski definition) is 3. The van der Waals surface area contributed by atoms with Gasteiger partial charge in [-0.3, -0.25) is 10.1 Å². The number of hydrogen-bond acceptors (Lipinski definition) is 6. The van der Waals surface area contributed by atoms with E-state index in [-0.39, 0.29) is 12.5 Å². The second-order valence-electron chi connectivity index (χ2n) is 7.39. The zero-order chi connectivity index (χ0) is 21.6. The number of aliphatic hydroxyl groups excluding tert-OH is 1. The number of nitro groups is 1. The molecule has 4 N–H and O–H groups in total. The number of rotatable bonds is 10. The van der Waals surface area contributed by atoms with Gasteiger partial charge in [-0.05, 0) is 30.4 Å². The van der Waals surface area contributed by atoms with Crippen molar-refractivity contribution in [2.75, 3.05) is 6.54 Å². The van der Waals surface area contributed by atoms with Crippen molar-refractivity contribution in [3.63, 3.8) is 0 Å². The maximum atomic E-state index is 12.7. The molecule has 0 heterocycles. The number of sulfonamides is 1. The molecule has 0 fully saturated rings. The van der Waals surface area contributed by atoms with Gasteiger partial charge in [0.1, 0.15) is 0 Å². The average Bonchev–Trinajstić information content (AvgIpc) is 2.66. The second kappa shape index (κ2) is 9.93. The molecular formula is C20H27N3O5S. The third-order valence-corrected chi connectivity index (χ3v) is 5.93. The normalized spacial score (nSPS) is 14.0. The zero-order valence-electron chi connectivity index (χ0n) is 16.5. The van der Waals surface area contributed by atoms with Gasteiger partial charge in [0, 0.05) is 18.2 Å². The molecule has 0 bridgehead atoms. The van der Waals surface area contributed by atoms with Gasteiger partial charge in [0.25, 0.3) is 5.69 Å². The summed E-state index contributed by atoms with van der Waals surface area (Å²) < 4.78 is 27.7. The van der Waals surface area contributed by atoms with Gasteiger partial charge in [-0.25, -0.2) is 13.1 Å². The van der Waals surface area contributed by atoms with Crippen molar-refractivity contribution in [1.82, 2.24) is 4.72 Å². The average molecular weight is 422 g/mol. The monoisotopic (exact) mass is 421 g/mol. The fourth-order valence-corrected chi connectivity index (χ4v) is 4.31. The molecule has 0 spiro atoms. The Labute approximate surface area is 171 Å². The minimum absolute atomic E-state index is 0.123. The predicted molar refractivity (Wildman–Crippen MR) is 111 cm³/mol. The van der Waals surface area contributed by atoms with Crippen LogP contribution in [0.4, 0.5) is 5.69 Å². The van der Waals surface area contributed by atoms with Crippen molar-refractivity contribution >= 4 is 15.7 Å². The lowest BCUT2D eigenvalue weighted by Crippen LogP contribution is -2.44. The van der Waals surface area contributed by atoms with Crippen LogP contribution in [0, 0.1) is 16.0 Å². The lowest BCUT2D eigenvalue weighted by atomic mass is 10.0. The Morgan fingerprint density at radius 1 is 1.10 bits per heavy atom. The topological polar surface area (TPSA) is 136 Å². The Balaban J connectivity index is 2.15. The van der Waals surface area contributed by atoms with Crippen molar-refractivity contribution in [3.05, 3.63) is 69.8 Å². The molecule has 2 rings (SSSR count). The summed E-state index contributed by atoms with van der Waals surface area (Å²) in [6.07, 6.45) is -0.402. The van der Waals surface area contributed by atoms with Crippen molar-refractivity contribution in [2.45, 2.75) is 43.7 Å². The van der Waals surface area contributed by atoms with Crippen LogP contribution in [0.5, 0.6) is 0 Å². The van der Waals surface area contributed by atoms with E-state index in [1.807, 2.05) is 44.2 Å². The van der Waals surface area contributed by atoms with Gasteiger partial charge in [0.15, 0.2) is 4.90 Å². The molecule has 9 heteroatoms. The summed E-state index contributed by atoms with van der Waals surface area (Å²) in [5.74, 6) is 0.123. The quantitative estimate of drug-likeness (QED) is 0.397. The molecule has 0 aliphatic carbocycles. The van der Waals surface area contributed by atoms with Gasteiger partial charge in [0.05, 0.1) is 11.0 Å². The van der Waals surface area contributed by atoms with Crippen LogP contribution in [0.25, 0.3) is 0 Å². The van der Waals surface area contributed by atoms with E-state index in [0.717, 1.165) is 5.56 Å². The van der Waals surface area contributed by atoms with Crippen LogP contribution in [-0.2, 0) is 22.9 Å². The summed E-state index contributed by atoms with van der Waals surface area (Å²) in [7, 11) is -4.20. The number of aliphatic hydroxyl groups is 1. The van der Waals surface area contributed by atoms with E-state index in [2.05, 4.69) is 4.72 Å². The Morgan fingerprint density at radius 3 is 2.34 bits per heavy atom. The molecule has 29 heavy (non-hydrogen) atoms. The molecule has 0 aromatic heterocycles. The fourth-order valence-electron chi connectivity index (χ4n) is 3.04. The Morgan fingerprint density at radius 2 is 1.76 bits per heavy atom. The predicted octanol–water partition coefficient (Wildman–Crippen LogP) is 2.00. The standard InChI is InChI=1S/C20H27N3O5S/c1-14(2)11-16-9-6-10-19(20(16)23(25)26)29(27,28)22-13-18(24)17(21)12-15-7-4-3-5-8-15/h3-10,14,17-18,22,24H,11-13,21H2,1-2H3. The molecule has 0 saturated heterocycles. The summed E-state index contributed by atoms with van der Waals surface area (Å²) in [5, 5.41) is 21.8. The highest BCUT2D eigenvalue weighted by atomic mass is 32.2. The maximum absolute atomic E-state index is 12.7. The van der Waals surface area contributed by atoms with Gasteiger partial charge >= 0.3 is 0 Å². The first-order chi connectivity index (χ1) is 13.6. The Bertz CT molecular complexity index is 932. The molecule has 2 atom stereocenters. The van der Waals surface area contributed by atoms with Gasteiger partial charge in [-0.1, -0.05) is 56.3 Å². The molecule has 2 unspecified atom stereocenters. The highest BCUT2D eigenvalue weighted by Gasteiger charge is 2.30. The lowest BCUT2D eigenvalue weighted by Gasteiger charge is -2.19. The van der Waals surface area contributed by atoms with Crippen molar-refractivity contribution in [1.29, 1.82) is 0 Å². The number of nitrogens with one attached hydrogen (secondary N) is 1. The number of nitrogens with zero attached hydrogens (tertiary/aromatic N) is 1. The summed E-state index contributed by atoms with van der Waals surface area (Å²) in [4.78, 5) is 10.5. The number of para-hydroxylation sites is 1. The van der Waals surface area contributed by atoms with Crippen LogP contribution < -0.4 is 10.5 Å². The van der Waals surface area contributed by atoms with Gasteiger partial charge in [0.2, 0.25) is 10.0 Å². The van der Waals surface area contributed by atoms with Crippen LogP contribution in [0.3, 0.4) is 0 Å². The third-order valence-electron chi connectivity index (χ3n) is 4.47. The Kier molecular flexibility index (Phi) is 7.86. The minimum Gasteiger partial charge on any atom is -0.390 e. The van der Waals surface area contributed by atoms with E-state index in [1.165, 1.54) is 12.1 Å². The van der Waals surface area contributed by atoms with Gasteiger partial charge in [-0.15, -0.1) is 0 Å². The van der Waals surface area contributed by atoms with E-state index < -0.39 is 37.7 Å². The van der Waals surface area contributed by atoms with E-state index in [4.69, 9.17) is 5.73 Å². The van der Waals surface area contributed by atoms with Crippen molar-refractivity contribution in [2.24, 2.45) is 11.7 Å². The molecule has 0 radical (unpaired) electrons. The van der Waals surface area contributed by atoms with E-state index >= 15 is 0 Å². The van der Waals surface area contributed by atoms with E-state index in [1.54, 1.807) is 6.07 Å². The first-order valence-electron chi connectivity index (χ1n) is 9.35. The molecule has 0 saturated carbocycles. The Hall–Kier alpha value is -2.33. The molecule has 0 aliphatic rings. The van der Waals surface area contributed by atoms with Crippen LogP contribution in [0.2, 0.25) is 0 Å². The second-order valence-corrected chi connectivity index (χ2v) is 9.13. The van der Waals surface area contributed by atoms with Crippen molar-refractivity contribution < 1.29 is 18.4 Å². The highest BCUT2D eigenvalue weighted by molar-refractivity contribution is 7.89. The molecule has 158 valence electrons. The molecule has 2 aromatic carbocycles. The first-order valence-corrected chi connectivity index (χ1v) is 10.8. The van der Waals surface area contributed by atoms with Crippen molar-refractivity contribution in [3.8, 4) is 0 Å². The minimum atomic E-state index is -4.20. The van der Waals surface area contributed by atoms with Crippen LogP contribution in [-0.4, -0.2) is 37.1 Å². The van der Waals surface area contributed by atoms with Gasteiger partial charge < -0.3 is 10.8 Å². The fraction of sp³-hybridized carbons (Fsp3) is 0.400. The molecule has 2 aromatic rings. The summed E-state index contributed by atoms with van der Waals surface area (Å²) in [6, 6.07) is 12.8. The van der Waals surface area contributed by atoms with Gasteiger partial charge in [-0.2, -0.15) is 0 Å². The summed E-state index contributed by atoms with van der Waals surface area (Å²) >= 11 is 0. The van der Waals surface area contributed by atoms with Crippen LogP contribution in [0.15, 0.2) is 53.4 Å². The first kappa shape index (κ1) is 23.0. The largest absolute Gasteiger partial charge is 0.390 e. The molecular weight excluding hydrogens is 394 g/mol.